The summed E-state index contributed by atoms with van der Waals surface area (Å²) < 4.78 is 44.2. The molecule has 0 aromatic heterocycles. The smallest absolute Gasteiger partial charge is 0.416 e. The van der Waals surface area contributed by atoms with Crippen LogP contribution in [0.1, 0.15) is 21.5 Å². The van der Waals surface area contributed by atoms with Crippen LogP contribution in [0.2, 0.25) is 0 Å². The number of hydrogen-bond acceptors (Lipinski definition) is 3. The Hall–Kier alpha value is -4.07. The molecular formula is C25H19F3N2O3. The number of anilines is 2. The van der Waals surface area contributed by atoms with Gasteiger partial charge in [0, 0.05) is 29.0 Å². The number of alkyl halides is 3. The van der Waals surface area contributed by atoms with Gasteiger partial charge >= 0.3 is 6.18 Å². The van der Waals surface area contributed by atoms with E-state index in [1.807, 2.05) is 0 Å². The van der Waals surface area contributed by atoms with Crippen LogP contribution >= 0.6 is 0 Å². The van der Waals surface area contributed by atoms with E-state index in [9.17, 15) is 22.8 Å². The van der Waals surface area contributed by atoms with Gasteiger partial charge in [-0.25, -0.2) is 0 Å². The third kappa shape index (κ3) is 4.74. The molecule has 0 saturated heterocycles. The van der Waals surface area contributed by atoms with E-state index in [4.69, 9.17) is 4.74 Å². The molecule has 0 aliphatic carbocycles. The molecule has 1 aliphatic heterocycles. The zero-order valence-electron chi connectivity index (χ0n) is 17.4. The molecule has 1 aliphatic rings. The van der Waals surface area contributed by atoms with Crippen LogP contribution in [0.4, 0.5) is 24.5 Å². The topological polar surface area (TPSA) is 58.6 Å². The summed E-state index contributed by atoms with van der Waals surface area (Å²) in [5, 5.41) is 2.67. The Kier molecular flexibility index (Phi) is 5.91. The molecule has 1 N–H and O–H groups in total. The molecule has 5 nitrogen and oxygen atoms in total. The molecule has 0 saturated carbocycles. The van der Waals surface area contributed by atoms with Gasteiger partial charge in [-0.3, -0.25) is 9.59 Å². The number of halogens is 3. The Morgan fingerprint density at radius 3 is 2.48 bits per heavy atom. The average Bonchev–Trinajstić information content (AvgIpc) is 2.79. The monoisotopic (exact) mass is 452 g/mol. The third-order valence-corrected chi connectivity index (χ3v) is 5.21. The van der Waals surface area contributed by atoms with Crippen molar-refractivity contribution in [2.24, 2.45) is 0 Å². The van der Waals surface area contributed by atoms with Gasteiger partial charge in [0.15, 0.2) is 0 Å². The van der Waals surface area contributed by atoms with Crippen LogP contribution < -0.4 is 15.0 Å². The quantitative estimate of drug-likeness (QED) is 0.496. The van der Waals surface area contributed by atoms with Crippen molar-refractivity contribution in [3.05, 3.63) is 96.1 Å². The fraction of sp³-hybridized carbons (Fsp3) is 0.120. The number of ether oxygens (including phenoxy) is 1. The van der Waals surface area contributed by atoms with E-state index in [1.165, 1.54) is 12.1 Å². The van der Waals surface area contributed by atoms with Crippen LogP contribution in [0.25, 0.3) is 0 Å². The van der Waals surface area contributed by atoms with Crippen molar-refractivity contribution < 1.29 is 27.5 Å². The zero-order valence-corrected chi connectivity index (χ0v) is 17.4. The van der Waals surface area contributed by atoms with Crippen molar-refractivity contribution in [2.75, 3.05) is 16.8 Å². The second kappa shape index (κ2) is 8.82. The maximum Gasteiger partial charge on any atom is 0.416 e. The maximum atomic E-state index is 13.2. The Morgan fingerprint density at radius 1 is 1.06 bits per heavy atom. The molecule has 8 heteroatoms. The summed E-state index contributed by atoms with van der Waals surface area (Å²) in [6.07, 6.45) is -2.78. The fourth-order valence-corrected chi connectivity index (χ4v) is 3.62. The molecular weight excluding hydrogens is 433 g/mol. The van der Waals surface area contributed by atoms with Crippen molar-refractivity contribution in [1.29, 1.82) is 0 Å². The highest BCUT2D eigenvalue weighted by atomic mass is 19.4. The van der Waals surface area contributed by atoms with Crippen molar-refractivity contribution in [2.45, 2.75) is 12.6 Å². The van der Waals surface area contributed by atoms with E-state index < -0.39 is 11.7 Å². The predicted octanol–water partition coefficient (Wildman–Crippen LogP) is 5.83. The highest BCUT2D eigenvalue weighted by Crippen LogP contribution is 2.35. The lowest BCUT2D eigenvalue weighted by atomic mass is 9.97. The molecule has 0 radical (unpaired) electrons. The minimum Gasteiger partial charge on any atom is -0.457 e. The molecule has 4 rings (SSSR count). The van der Waals surface area contributed by atoms with Gasteiger partial charge in [0.25, 0.3) is 5.91 Å². The van der Waals surface area contributed by atoms with Gasteiger partial charge in [-0.2, -0.15) is 13.2 Å². The van der Waals surface area contributed by atoms with Crippen LogP contribution in [0.15, 0.2) is 79.4 Å². The van der Waals surface area contributed by atoms with Gasteiger partial charge in [0.05, 0.1) is 5.56 Å². The van der Waals surface area contributed by atoms with Crippen LogP contribution in [0.3, 0.4) is 0 Å². The van der Waals surface area contributed by atoms with Gasteiger partial charge in [-0.05, 0) is 67.1 Å². The highest BCUT2D eigenvalue weighted by Gasteiger charge is 2.30. The van der Waals surface area contributed by atoms with Gasteiger partial charge in [-0.15, -0.1) is 0 Å². The van der Waals surface area contributed by atoms with Gasteiger partial charge < -0.3 is 15.0 Å². The second-order valence-corrected chi connectivity index (χ2v) is 7.36. The van der Waals surface area contributed by atoms with Gasteiger partial charge in [0.1, 0.15) is 11.5 Å². The van der Waals surface area contributed by atoms with E-state index in [0.717, 1.165) is 18.2 Å². The van der Waals surface area contributed by atoms with E-state index in [2.05, 4.69) is 11.9 Å². The maximum absolute atomic E-state index is 13.2. The number of benzene rings is 3. The van der Waals surface area contributed by atoms with Gasteiger partial charge in [0.2, 0.25) is 5.91 Å². The normalized spacial score (nSPS) is 13.3. The summed E-state index contributed by atoms with van der Waals surface area (Å²) >= 11 is 0. The fourth-order valence-electron chi connectivity index (χ4n) is 3.62. The Morgan fingerprint density at radius 2 is 1.79 bits per heavy atom. The Balaban J connectivity index is 1.57. The Bertz CT molecular complexity index is 1220. The number of carbonyl (C=O) groups is 2. The molecule has 1 heterocycles. The average molecular weight is 452 g/mol. The van der Waals surface area contributed by atoms with Crippen molar-refractivity contribution in [3.8, 4) is 11.5 Å². The van der Waals surface area contributed by atoms with Crippen LogP contribution in [0.5, 0.6) is 11.5 Å². The van der Waals surface area contributed by atoms with Gasteiger partial charge in [-0.1, -0.05) is 18.7 Å². The van der Waals surface area contributed by atoms with Crippen LogP contribution in [-0.2, 0) is 17.4 Å². The van der Waals surface area contributed by atoms with Crippen molar-refractivity contribution in [1.82, 2.24) is 0 Å². The number of nitrogens with one attached hydrogen (secondary N) is 1. The number of fused-ring (bicyclic) bond motifs is 1. The first-order chi connectivity index (χ1) is 15.8. The minimum atomic E-state index is -4.42. The Labute approximate surface area is 188 Å². The SMILES string of the molecule is C=CC(=O)Nc1cccc(N2CCc3c(Oc4ccc(C(F)(F)F)cc4)cccc3C2=O)c1. The standard InChI is InChI=1S/C25H19F3N2O3/c1-2-23(31)29-17-5-3-6-18(15-17)30-14-13-20-21(24(30)32)7-4-8-22(20)33-19-11-9-16(10-12-19)25(26,27)28/h2-12,15H,1,13-14H2,(H,29,31). The lowest BCUT2D eigenvalue weighted by molar-refractivity contribution is -0.137. The molecule has 0 unspecified atom stereocenters. The van der Waals surface area contributed by atoms with Crippen molar-refractivity contribution >= 4 is 23.2 Å². The van der Waals surface area contributed by atoms with Crippen LogP contribution in [0, 0.1) is 0 Å². The number of hydrogen-bond donors (Lipinski definition) is 1. The molecule has 3 aromatic carbocycles. The number of amides is 2. The summed E-state index contributed by atoms with van der Waals surface area (Å²) in [4.78, 5) is 26.4. The lowest BCUT2D eigenvalue weighted by Crippen LogP contribution is -2.37. The molecule has 33 heavy (non-hydrogen) atoms. The summed E-state index contributed by atoms with van der Waals surface area (Å²) in [6, 6.07) is 16.4. The van der Waals surface area contributed by atoms with E-state index in [0.29, 0.717) is 41.2 Å². The van der Waals surface area contributed by atoms with E-state index in [-0.39, 0.29) is 17.6 Å². The third-order valence-electron chi connectivity index (χ3n) is 5.21. The molecule has 3 aromatic rings. The first-order valence-electron chi connectivity index (χ1n) is 10.1. The molecule has 168 valence electrons. The van der Waals surface area contributed by atoms with E-state index in [1.54, 1.807) is 47.4 Å². The first-order valence-corrected chi connectivity index (χ1v) is 10.1. The molecule has 2 amide bonds. The number of nitrogens with zero attached hydrogens (tertiary/aromatic N) is 1. The molecule has 0 atom stereocenters. The molecule has 0 fully saturated rings. The summed E-state index contributed by atoms with van der Waals surface area (Å²) in [5.74, 6) is 0.0815. The van der Waals surface area contributed by atoms with Crippen LogP contribution in [-0.4, -0.2) is 18.4 Å². The largest absolute Gasteiger partial charge is 0.457 e. The summed E-state index contributed by atoms with van der Waals surface area (Å²) in [6.45, 7) is 3.79. The number of carbonyl (C=O) groups excluding carboxylic acids is 2. The molecule has 0 spiro atoms. The highest BCUT2D eigenvalue weighted by molar-refractivity contribution is 6.09. The lowest BCUT2D eigenvalue weighted by Gasteiger charge is -2.30. The van der Waals surface area contributed by atoms with Crippen molar-refractivity contribution in [3.63, 3.8) is 0 Å². The summed E-state index contributed by atoms with van der Waals surface area (Å²) in [5.41, 5.74) is 1.54. The zero-order chi connectivity index (χ0) is 23.6. The number of rotatable bonds is 5. The second-order valence-electron chi connectivity index (χ2n) is 7.36. The summed E-state index contributed by atoms with van der Waals surface area (Å²) in [7, 11) is 0. The minimum absolute atomic E-state index is 0.235. The first kappa shape index (κ1) is 22.1. The predicted molar refractivity (Wildman–Crippen MR) is 119 cm³/mol. The molecule has 0 bridgehead atoms. The van der Waals surface area contributed by atoms with E-state index >= 15 is 0 Å².